The van der Waals surface area contributed by atoms with Gasteiger partial charge in [-0.15, -0.1) is 0 Å². The summed E-state index contributed by atoms with van der Waals surface area (Å²) >= 11 is 0. The Hall–Kier alpha value is -1.98. The van der Waals surface area contributed by atoms with Crippen LogP contribution in [0.4, 0.5) is 0 Å². The monoisotopic (exact) mass is 462 g/mol. The zero-order chi connectivity index (χ0) is 22.2. The Morgan fingerprint density at radius 2 is 1.97 bits per heavy atom. The minimum Gasteiger partial charge on any atom is -0.461 e. The first kappa shape index (κ1) is 21.8. The molecule has 2 saturated heterocycles. The molecule has 1 amide bonds. The quantitative estimate of drug-likeness (QED) is 0.623. The van der Waals surface area contributed by atoms with Gasteiger partial charge < -0.3 is 14.5 Å². The topological polar surface area (TPSA) is 113 Å². The van der Waals surface area contributed by atoms with Gasteiger partial charge in [0.05, 0.1) is 6.73 Å². The first-order valence-electron chi connectivity index (χ1n) is 11.3. The van der Waals surface area contributed by atoms with Gasteiger partial charge in [-0.3, -0.25) is 10.1 Å². The van der Waals surface area contributed by atoms with Crippen molar-refractivity contribution in [3.05, 3.63) is 36.1 Å². The summed E-state index contributed by atoms with van der Waals surface area (Å²) in [5, 5.41) is 7.07. The van der Waals surface area contributed by atoms with E-state index >= 15 is 0 Å². The molecule has 1 aliphatic carbocycles. The number of benzene rings is 1. The highest BCUT2D eigenvalue weighted by molar-refractivity contribution is 7.87. The van der Waals surface area contributed by atoms with E-state index in [1.807, 2.05) is 24.3 Å². The van der Waals surface area contributed by atoms with Gasteiger partial charge in [-0.05, 0) is 43.7 Å². The number of amides is 1. The normalized spacial score (nSPS) is 28.2. The Labute approximate surface area is 188 Å². The summed E-state index contributed by atoms with van der Waals surface area (Å²) in [6.07, 6.45) is 3.77. The van der Waals surface area contributed by atoms with E-state index in [-0.39, 0.29) is 37.7 Å². The molecule has 3 heterocycles. The van der Waals surface area contributed by atoms with Crippen LogP contribution in [0, 0.1) is 5.92 Å². The molecular formula is C22H30N4O5S. The molecule has 1 aromatic heterocycles. The highest BCUT2D eigenvalue weighted by atomic mass is 32.2. The van der Waals surface area contributed by atoms with Gasteiger partial charge in [-0.25, -0.2) is 4.72 Å². The van der Waals surface area contributed by atoms with Crippen LogP contribution in [0.2, 0.25) is 0 Å². The van der Waals surface area contributed by atoms with Crippen LogP contribution in [0.1, 0.15) is 43.8 Å². The lowest BCUT2D eigenvalue weighted by Gasteiger charge is -2.34. The van der Waals surface area contributed by atoms with Gasteiger partial charge in [0, 0.05) is 30.9 Å². The molecule has 174 valence electrons. The molecule has 1 saturated carbocycles. The van der Waals surface area contributed by atoms with Crippen LogP contribution in [0.3, 0.4) is 0 Å². The van der Waals surface area contributed by atoms with Gasteiger partial charge in [0.2, 0.25) is 5.91 Å². The Bertz CT molecular complexity index is 1050. The average molecular weight is 463 g/mol. The molecule has 1 spiro atoms. The number of rotatable bonds is 5. The molecule has 0 radical (unpaired) electrons. The molecule has 5 rings (SSSR count). The van der Waals surface area contributed by atoms with Gasteiger partial charge in [0.15, 0.2) is 0 Å². The lowest BCUT2D eigenvalue weighted by atomic mass is 9.86. The number of carbonyl (C=O) groups is 1. The van der Waals surface area contributed by atoms with Crippen molar-refractivity contribution in [2.24, 2.45) is 5.92 Å². The van der Waals surface area contributed by atoms with E-state index in [2.05, 4.69) is 21.4 Å². The van der Waals surface area contributed by atoms with Crippen LogP contribution in [-0.2, 0) is 19.7 Å². The Morgan fingerprint density at radius 3 is 2.78 bits per heavy atom. The minimum absolute atomic E-state index is 0.108. The molecule has 2 aliphatic heterocycles. The standard InChI is InChI=1S/C22H30N4O5S/c27-21-22(24-15-30-14-23-21)9-3-5-18(22)13-25-32(28,29)26-10-7-16(8-11-26)20-12-17-4-1-2-6-19(17)31-20/h1-2,4,6,12,16,18,24-25H,3,5,7-11,13-15H2,(H,23,27). The van der Waals surface area contributed by atoms with Gasteiger partial charge in [-0.1, -0.05) is 24.6 Å². The van der Waals surface area contributed by atoms with Crippen molar-refractivity contribution in [2.75, 3.05) is 33.1 Å². The molecule has 2 unspecified atom stereocenters. The number of piperidine rings is 1. The predicted octanol–water partition coefficient (Wildman–Crippen LogP) is 1.64. The van der Waals surface area contributed by atoms with E-state index in [1.54, 1.807) is 0 Å². The number of nitrogens with zero attached hydrogens (tertiary/aromatic N) is 1. The maximum absolute atomic E-state index is 13.0. The zero-order valence-electron chi connectivity index (χ0n) is 18.0. The second-order valence-corrected chi connectivity index (χ2v) is 10.7. The summed E-state index contributed by atoms with van der Waals surface area (Å²) in [4.78, 5) is 12.7. The fraction of sp³-hybridized carbons (Fsp3) is 0.591. The fourth-order valence-electron chi connectivity index (χ4n) is 5.35. The van der Waals surface area contributed by atoms with Crippen molar-refractivity contribution in [2.45, 2.75) is 43.6 Å². The molecule has 1 aromatic carbocycles. The molecule has 3 aliphatic rings. The van der Waals surface area contributed by atoms with Crippen molar-refractivity contribution in [1.29, 1.82) is 0 Å². The number of para-hydroxylation sites is 1. The van der Waals surface area contributed by atoms with Crippen LogP contribution in [-0.4, -0.2) is 57.3 Å². The van der Waals surface area contributed by atoms with E-state index < -0.39 is 15.7 Å². The number of hydrogen-bond acceptors (Lipinski definition) is 6. The summed E-state index contributed by atoms with van der Waals surface area (Å²) in [5.41, 5.74) is 0.0964. The highest BCUT2D eigenvalue weighted by Gasteiger charge is 2.49. The van der Waals surface area contributed by atoms with Crippen molar-refractivity contribution in [3.63, 3.8) is 0 Å². The number of fused-ring (bicyclic) bond motifs is 1. The van der Waals surface area contributed by atoms with Crippen molar-refractivity contribution in [1.82, 2.24) is 19.7 Å². The Kier molecular flexibility index (Phi) is 5.98. The third kappa shape index (κ3) is 4.06. The number of furan rings is 1. The Morgan fingerprint density at radius 1 is 1.16 bits per heavy atom. The van der Waals surface area contributed by atoms with Crippen LogP contribution in [0.5, 0.6) is 0 Å². The summed E-state index contributed by atoms with van der Waals surface area (Å²) in [6.45, 7) is 1.56. The molecule has 3 N–H and O–H groups in total. The molecule has 10 heteroatoms. The van der Waals surface area contributed by atoms with Gasteiger partial charge in [0.25, 0.3) is 10.2 Å². The Balaban J connectivity index is 1.20. The maximum Gasteiger partial charge on any atom is 0.279 e. The van der Waals surface area contributed by atoms with Crippen LogP contribution >= 0.6 is 0 Å². The predicted molar refractivity (Wildman–Crippen MR) is 119 cm³/mol. The molecule has 32 heavy (non-hydrogen) atoms. The first-order valence-corrected chi connectivity index (χ1v) is 12.8. The number of nitrogens with one attached hydrogen (secondary N) is 3. The van der Waals surface area contributed by atoms with E-state index in [1.165, 1.54) is 4.31 Å². The van der Waals surface area contributed by atoms with E-state index in [9.17, 15) is 13.2 Å². The largest absolute Gasteiger partial charge is 0.461 e. The second kappa shape index (κ2) is 8.75. The van der Waals surface area contributed by atoms with Gasteiger partial charge >= 0.3 is 0 Å². The molecule has 3 fully saturated rings. The van der Waals surface area contributed by atoms with Gasteiger partial charge in [-0.2, -0.15) is 12.7 Å². The first-order chi connectivity index (χ1) is 15.5. The molecular weight excluding hydrogens is 432 g/mol. The van der Waals surface area contributed by atoms with Crippen molar-refractivity contribution in [3.8, 4) is 0 Å². The summed E-state index contributed by atoms with van der Waals surface area (Å²) in [6, 6.07) is 9.98. The van der Waals surface area contributed by atoms with Crippen molar-refractivity contribution >= 4 is 27.1 Å². The van der Waals surface area contributed by atoms with Gasteiger partial charge in [0.1, 0.15) is 23.6 Å². The molecule has 2 aromatic rings. The maximum atomic E-state index is 13.0. The highest BCUT2D eigenvalue weighted by Crippen LogP contribution is 2.37. The minimum atomic E-state index is -3.62. The third-order valence-electron chi connectivity index (χ3n) is 7.20. The number of hydrogen-bond donors (Lipinski definition) is 3. The molecule has 9 nitrogen and oxygen atoms in total. The van der Waals surface area contributed by atoms with E-state index in [4.69, 9.17) is 9.15 Å². The number of carbonyl (C=O) groups excluding carboxylic acids is 1. The summed E-state index contributed by atoms with van der Waals surface area (Å²) in [7, 11) is -3.62. The average Bonchev–Trinajstić information content (AvgIpc) is 3.37. The van der Waals surface area contributed by atoms with Crippen LogP contribution in [0.15, 0.2) is 34.7 Å². The van der Waals surface area contributed by atoms with E-state index in [0.29, 0.717) is 19.5 Å². The third-order valence-corrected chi connectivity index (χ3v) is 8.78. The van der Waals surface area contributed by atoms with Crippen molar-refractivity contribution < 1.29 is 22.4 Å². The van der Waals surface area contributed by atoms with E-state index in [0.717, 1.165) is 42.4 Å². The molecule has 2 atom stereocenters. The summed E-state index contributed by atoms with van der Waals surface area (Å²) in [5.74, 6) is 0.915. The lowest BCUT2D eigenvalue weighted by molar-refractivity contribution is -0.128. The van der Waals surface area contributed by atoms with Crippen LogP contribution in [0.25, 0.3) is 11.0 Å². The SMILES string of the molecule is O=C1NCOCNC12CCCC2CNS(=O)(=O)N1CCC(c2cc3ccccc3o2)CC1. The zero-order valence-corrected chi connectivity index (χ0v) is 18.8. The lowest BCUT2D eigenvalue weighted by Crippen LogP contribution is -2.60. The smallest absolute Gasteiger partial charge is 0.279 e. The van der Waals surface area contributed by atoms with Crippen LogP contribution < -0.4 is 15.4 Å². The molecule has 0 bridgehead atoms. The fourth-order valence-corrected chi connectivity index (χ4v) is 6.64. The number of ether oxygens (including phenoxy) is 1. The second-order valence-electron chi connectivity index (χ2n) is 8.95. The summed E-state index contributed by atoms with van der Waals surface area (Å²) < 4.78 is 41.6.